The number of aromatic hydroxyl groups is 1. The topological polar surface area (TPSA) is 84.9 Å². The van der Waals surface area contributed by atoms with Gasteiger partial charge in [-0.1, -0.05) is 11.6 Å². The second-order valence-electron chi connectivity index (χ2n) is 6.14. The van der Waals surface area contributed by atoms with Crippen molar-refractivity contribution in [1.82, 2.24) is 29.5 Å². The highest BCUT2D eigenvalue weighted by Crippen LogP contribution is 2.33. The van der Waals surface area contributed by atoms with Crippen molar-refractivity contribution in [3.05, 3.63) is 35.1 Å². The summed E-state index contributed by atoms with van der Waals surface area (Å²) in [6, 6.07) is 5.14. The van der Waals surface area contributed by atoms with E-state index < -0.39 is 0 Å². The molecular formula is C16H14ClN7OS. The van der Waals surface area contributed by atoms with Gasteiger partial charge in [0.2, 0.25) is 5.95 Å². The largest absolute Gasteiger partial charge is 0.508 e. The smallest absolute Gasteiger partial charge is 0.227 e. The number of phenolic OH excluding ortho intramolecular Hbond substituents is 1. The molecule has 8 nitrogen and oxygen atoms in total. The Hall–Kier alpha value is -2.65. The number of anilines is 1. The molecule has 1 aromatic carbocycles. The highest BCUT2D eigenvalue weighted by Gasteiger charge is 2.25. The van der Waals surface area contributed by atoms with Crippen molar-refractivity contribution in [3.63, 3.8) is 0 Å². The van der Waals surface area contributed by atoms with E-state index in [1.807, 2.05) is 16.3 Å². The van der Waals surface area contributed by atoms with Crippen LogP contribution in [-0.2, 0) is 20.1 Å². The Kier molecular flexibility index (Phi) is 3.41. The van der Waals surface area contributed by atoms with Gasteiger partial charge in [0.15, 0.2) is 10.8 Å². The second-order valence-corrected chi connectivity index (χ2v) is 7.58. The van der Waals surface area contributed by atoms with Crippen molar-refractivity contribution in [2.45, 2.75) is 13.1 Å². The van der Waals surface area contributed by atoms with Gasteiger partial charge in [-0.3, -0.25) is 9.25 Å². The van der Waals surface area contributed by atoms with Gasteiger partial charge in [-0.15, -0.1) is 21.5 Å². The summed E-state index contributed by atoms with van der Waals surface area (Å²) in [5.74, 6) is 1.70. The lowest BCUT2D eigenvalue weighted by molar-refractivity contribution is 0.476. The Bertz CT molecular complexity index is 1130. The molecule has 0 radical (unpaired) electrons. The average molecular weight is 388 g/mol. The molecule has 5 rings (SSSR count). The third-order valence-electron chi connectivity index (χ3n) is 4.52. The summed E-state index contributed by atoms with van der Waals surface area (Å²) in [6.07, 6.45) is 1.68. The van der Waals surface area contributed by atoms with Gasteiger partial charge in [0.1, 0.15) is 5.75 Å². The molecule has 1 aliphatic rings. The van der Waals surface area contributed by atoms with E-state index >= 15 is 0 Å². The molecule has 0 saturated carbocycles. The predicted molar refractivity (Wildman–Crippen MR) is 99.6 cm³/mol. The number of rotatable bonds is 2. The van der Waals surface area contributed by atoms with Crippen LogP contribution < -0.4 is 4.90 Å². The van der Waals surface area contributed by atoms with Crippen molar-refractivity contribution in [2.24, 2.45) is 7.05 Å². The Labute approximate surface area is 157 Å². The van der Waals surface area contributed by atoms with Crippen LogP contribution >= 0.6 is 22.9 Å². The molecule has 10 heteroatoms. The van der Waals surface area contributed by atoms with Crippen LogP contribution in [0.2, 0.25) is 5.02 Å². The van der Waals surface area contributed by atoms with Crippen molar-refractivity contribution in [3.8, 4) is 16.6 Å². The predicted octanol–water partition coefficient (Wildman–Crippen LogP) is 2.67. The van der Waals surface area contributed by atoms with E-state index in [0.29, 0.717) is 17.4 Å². The number of hydrogen-bond acceptors (Lipinski definition) is 7. The lowest BCUT2D eigenvalue weighted by Gasteiger charge is -2.28. The van der Waals surface area contributed by atoms with Gasteiger partial charge in [-0.05, 0) is 18.2 Å². The summed E-state index contributed by atoms with van der Waals surface area (Å²) in [4.78, 5) is 6.75. The van der Waals surface area contributed by atoms with E-state index in [1.165, 1.54) is 11.3 Å². The number of hydrogen-bond donors (Lipinski definition) is 1. The third-order valence-corrected chi connectivity index (χ3v) is 5.85. The number of halogens is 1. The molecule has 0 amide bonds. The molecule has 3 aromatic heterocycles. The fourth-order valence-corrected chi connectivity index (χ4v) is 4.40. The Morgan fingerprint density at radius 1 is 1.23 bits per heavy atom. The Balaban J connectivity index is 1.51. The summed E-state index contributed by atoms with van der Waals surface area (Å²) in [6.45, 7) is 2.17. The Morgan fingerprint density at radius 2 is 2.12 bits per heavy atom. The van der Waals surface area contributed by atoms with E-state index in [1.54, 1.807) is 24.4 Å². The molecular weight excluding hydrogens is 374 g/mol. The van der Waals surface area contributed by atoms with E-state index in [-0.39, 0.29) is 5.75 Å². The standard InChI is InChI=1S/C16H14ClN7OS/c1-22-14(15-19-11-3-2-9(25)6-13(11)26-15)20-21-16(22)23-4-5-24-12(8-23)10(17)7-18-24/h2-3,6-7,25H,4-5,8H2,1H3. The highest BCUT2D eigenvalue weighted by molar-refractivity contribution is 7.21. The van der Waals surface area contributed by atoms with Gasteiger partial charge in [-0.25, -0.2) is 4.98 Å². The van der Waals surface area contributed by atoms with Crippen molar-refractivity contribution in [2.75, 3.05) is 11.4 Å². The highest BCUT2D eigenvalue weighted by atomic mass is 35.5. The maximum atomic E-state index is 9.64. The van der Waals surface area contributed by atoms with Crippen LogP contribution in [0.1, 0.15) is 5.69 Å². The molecule has 0 bridgehead atoms. The minimum atomic E-state index is 0.230. The molecule has 0 aliphatic carbocycles. The van der Waals surface area contributed by atoms with Crippen LogP contribution in [0.4, 0.5) is 5.95 Å². The summed E-state index contributed by atoms with van der Waals surface area (Å²) in [5.41, 5.74) is 1.82. The van der Waals surface area contributed by atoms with E-state index in [0.717, 1.165) is 40.0 Å². The Morgan fingerprint density at radius 3 is 3.00 bits per heavy atom. The van der Waals surface area contributed by atoms with Crippen LogP contribution in [0.5, 0.6) is 5.75 Å². The normalized spacial score (nSPS) is 14.2. The van der Waals surface area contributed by atoms with Gasteiger partial charge in [-0.2, -0.15) is 5.10 Å². The zero-order chi connectivity index (χ0) is 17.8. The maximum absolute atomic E-state index is 9.64. The van der Waals surface area contributed by atoms with Crippen molar-refractivity contribution >= 4 is 39.1 Å². The molecule has 26 heavy (non-hydrogen) atoms. The molecule has 4 heterocycles. The first-order chi connectivity index (χ1) is 12.6. The van der Waals surface area contributed by atoms with Crippen LogP contribution in [0.25, 0.3) is 21.0 Å². The van der Waals surface area contributed by atoms with Crippen LogP contribution in [0.15, 0.2) is 24.4 Å². The molecule has 132 valence electrons. The van der Waals surface area contributed by atoms with Gasteiger partial charge >= 0.3 is 0 Å². The average Bonchev–Trinajstić information content (AvgIpc) is 3.31. The van der Waals surface area contributed by atoms with Crippen LogP contribution in [0, 0.1) is 0 Å². The summed E-state index contributed by atoms with van der Waals surface area (Å²) < 4.78 is 4.78. The third kappa shape index (κ3) is 2.35. The summed E-state index contributed by atoms with van der Waals surface area (Å²) >= 11 is 7.71. The minimum absolute atomic E-state index is 0.230. The zero-order valence-electron chi connectivity index (χ0n) is 13.8. The van der Waals surface area contributed by atoms with Gasteiger partial charge in [0.05, 0.1) is 40.2 Å². The number of fused-ring (bicyclic) bond motifs is 2. The summed E-state index contributed by atoms with van der Waals surface area (Å²) in [7, 11) is 1.93. The molecule has 0 fully saturated rings. The fourth-order valence-electron chi connectivity index (χ4n) is 3.18. The monoisotopic (exact) mass is 387 g/mol. The molecule has 1 N–H and O–H groups in total. The number of nitrogens with zero attached hydrogens (tertiary/aromatic N) is 7. The van der Waals surface area contributed by atoms with Crippen LogP contribution in [0.3, 0.4) is 0 Å². The molecule has 0 saturated heterocycles. The van der Waals surface area contributed by atoms with Gasteiger partial charge in [0.25, 0.3) is 0 Å². The van der Waals surface area contributed by atoms with Crippen LogP contribution in [-0.4, -0.2) is 41.2 Å². The SMILES string of the molecule is Cn1c(-c2nc3ccc(O)cc3s2)nnc1N1CCn2ncc(Cl)c2C1. The lowest BCUT2D eigenvalue weighted by Crippen LogP contribution is -2.35. The fraction of sp³-hybridized carbons (Fsp3) is 0.250. The first-order valence-corrected chi connectivity index (χ1v) is 9.24. The lowest BCUT2D eigenvalue weighted by atomic mass is 10.3. The minimum Gasteiger partial charge on any atom is -0.508 e. The van der Waals surface area contributed by atoms with E-state index in [9.17, 15) is 5.11 Å². The van der Waals surface area contributed by atoms with Gasteiger partial charge < -0.3 is 10.0 Å². The molecule has 0 spiro atoms. The van der Waals surface area contributed by atoms with E-state index in [2.05, 4.69) is 25.2 Å². The molecule has 4 aromatic rings. The maximum Gasteiger partial charge on any atom is 0.227 e. The number of benzene rings is 1. The number of aromatic nitrogens is 6. The first-order valence-electron chi connectivity index (χ1n) is 8.04. The summed E-state index contributed by atoms with van der Waals surface area (Å²) in [5, 5.41) is 24.1. The number of thiazole rings is 1. The van der Waals surface area contributed by atoms with Crippen molar-refractivity contribution < 1.29 is 5.11 Å². The van der Waals surface area contributed by atoms with Crippen molar-refractivity contribution in [1.29, 1.82) is 0 Å². The quantitative estimate of drug-likeness (QED) is 0.569. The second kappa shape index (κ2) is 5.68. The number of phenols is 1. The molecule has 0 atom stereocenters. The zero-order valence-corrected chi connectivity index (χ0v) is 15.4. The van der Waals surface area contributed by atoms with Gasteiger partial charge in [0, 0.05) is 13.6 Å². The first kappa shape index (κ1) is 15.6. The molecule has 0 unspecified atom stereocenters. The molecule has 1 aliphatic heterocycles. The van der Waals surface area contributed by atoms with E-state index in [4.69, 9.17) is 11.6 Å².